The Morgan fingerprint density at radius 2 is 1.95 bits per heavy atom. The van der Waals surface area contributed by atoms with Crippen LogP contribution in [-0.2, 0) is 0 Å². The molecule has 0 saturated heterocycles. The Balaban J connectivity index is 2.48. The molecule has 2 rings (SSSR count). The van der Waals surface area contributed by atoms with Crippen molar-refractivity contribution in [1.82, 2.24) is 0 Å². The molecule has 0 saturated carbocycles. The van der Waals surface area contributed by atoms with Crippen LogP contribution < -0.4 is 10.5 Å². The van der Waals surface area contributed by atoms with Crippen molar-refractivity contribution in [2.75, 3.05) is 0 Å². The number of nitro benzene ring substituents is 1. The van der Waals surface area contributed by atoms with Gasteiger partial charge in [-0.05, 0) is 35.0 Å². The summed E-state index contributed by atoms with van der Waals surface area (Å²) in [6.45, 7) is 1.83. The van der Waals surface area contributed by atoms with Crippen molar-refractivity contribution in [1.29, 1.82) is 0 Å². The minimum atomic E-state index is -0.478. The van der Waals surface area contributed by atoms with E-state index in [1.165, 1.54) is 6.07 Å². The van der Waals surface area contributed by atoms with Gasteiger partial charge in [-0.1, -0.05) is 24.3 Å². The minimum Gasteiger partial charge on any atom is -0.449 e. The lowest BCUT2D eigenvalue weighted by Crippen LogP contribution is -2.06. The molecule has 6 heteroatoms. The predicted molar refractivity (Wildman–Crippen MR) is 79.9 cm³/mol. The smallest absolute Gasteiger partial charge is 0.312 e. The number of para-hydroxylation sites is 2. The van der Waals surface area contributed by atoms with Gasteiger partial charge in [-0.15, -0.1) is 0 Å². The van der Waals surface area contributed by atoms with E-state index in [9.17, 15) is 10.1 Å². The molecule has 0 heterocycles. The summed E-state index contributed by atoms with van der Waals surface area (Å²) in [5.74, 6) is 0.683. The summed E-state index contributed by atoms with van der Waals surface area (Å²) in [6, 6.07) is 11.7. The number of rotatable bonds is 4. The molecule has 104 valence electrons. The Morgan fingerprint density at radius 1 is 1.25 bits per heavy atom. The van der Waals surface area contributed by atoms with Crippen LogP contribution in [0.4, 0.5) is 5.69 Å². The average Bonchev–Trinajstić information content (AvgIpc) is 2.41. The highest BCUT2D eigenvalue weighted by Gasteiger charge is 2.20. The Kier molecular flexibility index (Phi) is 4.36. The van der Waals surface area contributed by atoms with Crippen LogP contribution in [0.1, 0.15) is 18.5 Å². The second kappa shape index (κ2) is 6.02. The van der Waals surface area contributed by atoms with E-state index in [2.05, 4.69) is 15.9 Å². The van der Waals surface area contributed by atoms with Crippen molar-refractivity contribution < 1.29 is 9.66 Å². The molecule has 2 aromatic rings. The summed E-state index contributed by atoms with van der Waals surface area (Å²) in [5.41, 5.74) is 6.57. The van der Waals surface area contributed by atoms with Crippen molar-refractivity contribution >= 4 is 21.6 Å². The molecule has 0 radical (unpaired) electrons. The van der Waals surface area contributed by atoms with Gasteiger partial charge in [0, 0.05) is 17.7 Å². The fourth-order valence-corrected chi connectivity index (χ4v) is 2.24. The molecule has 0 bridgehead atoms. The number of hydrogen-bond acceptors (Lipinski definition) is 4. The average molecular weight is 337 g/mol. The molecular weight excluding hydrogens is 324 g/mol. The Hall–Kier alpha value is -1.92. The Morgan fingerprint density at radius 3 is 2.60 bits per heavy atom. The number of halogens is 1. The third-order valence-corrected chi connectivity index (χ3v) is 3.39. The van der Waals surface area contributed by atoms with Gasteiger partial charge in [-0.25, -0.2) is 0 Å². The van der Waals surface area contributed by atoms with Crippen molar-refractivity contribution in [3.8, 4) is 11.5 Å². The lowest BCUT2D eigenvalue weighted by atomic mass is 10.1. The maximum absolute atomic E-state index is 11.1. The lowest BCUT2D eigenvalue weighted by Gasteiger charge is -2.14. The molecule has 20 heavy (non-hydrogen) atoms. The van der Waals surface area contributed by atoms with Gasteiger partial charge in [0.2, 0.25) is 5.75 Å². The predicted octanol–water partition coefficient (Wildman–Crippen LogP) is 4.17. The second-order valence-electron chi connectivity index (χ2n) is 4.27. The first-order valence-electron chi connectivity index (χ1n) is 5.96. The highest BCUT2D eigenvalue weighted by molar-refractivity contribution is 9.10. The summed E-state index contributed by atoms with van der Waals surface area (Å²) < 4.78 is 6.25. The Labute approximate surface area is 124 Å². The molecule has 5 nitrogen and oxygen atoms in total. The fourth-order valence-electron chi connectivity index (χ4n) is 1.80. The number of hydrogen-bond donors (Lipinski definition) is 1. The molecule has 2 N–H and O–H groups in total. The van der Waals surface area contributed by atoms with E-state index in [1.54, 1.807) is 24.3 Å². The Bertz CT molecular complexity index is 644. The lowest BCUT2D eigenvalue weighted by molar-refractivity contribution is -0.385. The van der Waals surface area contributed by atoms with Crippen LogP contribution in [0.25, 0.3) is 0 Å². The topological polar surface area (TPSA) is 78.4 Å². The van der Waals surface area contributed by atoms with Gasteiger partial charge in [0.25, 0.3) is 0 Å². The zero-order valence-corrected chi connectivity index (χ0v) is 12.3. The molecule has 0 spiro atoms. The van der Waals surface area contributed by atoms with Gasteiger partial charge in [-0.2, -0.15) is 0 Å². The molecule has 0 aromatic heterocycles. The summed E-state index contributed by atoms with van der Waals surface area (Å²) in [4.78, 5) is 10.6. The van der Waals surface area contributed by atoms with Crippen molar-refractivity contribution in [2.24, 2.45) is 5.73 Å². The zero-order chi connectivity index (χ0) is 14.7. The van der Waals surface area contributed by atoms with Gasteiger partial charge in [0.15, 0.2) is 0 Å². The number of ether oxygens (including phenoxy) is 1. The largest absolute Gasteiger partial charge is 0.449 e. The first-order chi connectivity index (χ1) is 9.50. The molecule has 0 aliphatic carbocycles. The van der Waals surface area contributed by atoms with Crippen LogP contribution in [-0.4, -0.2) is 4.92 Å². The number of nitrogens with two attached hydrogens (primary N) is 1. The highest BCUT2D eigenvalue weighted by atomic mass is 79.9. The summed E-state index contributed by atoms with van der Waals surface area (Å²) in [7, 11) is 0. The number of nitrogens with zero attached hydrogens (tertiary/aromatic N) is 1. The normalized spacial score (nSPS) is 11.9. The van der Waals surface area contributed by atoms with Crippen LogP contribution in [0.15, 0.2) is 46.9 Å². The van der Waals surface area contributed by atoms with E-state index in [4.69, 9.17) is 10.5 Å². The quantitative estimate of drug-likeness (QED) is 0.671. The fraction of sp³-hybridized carbons (Fsp3) is 0.143. The SMILES string of the molecule is C[C@@H](N)c1ccccc1Oc1c(Br)cccc1[N+](=O)[O-]. The van der Waals surface area contributed by atoms with Gasteiger partial charge in [0.05, 0.1) is 9.40 Å². The molecule has 0 amide bonds. The third kappa shape index (κ3) is 2.97. The summed E-state index contributed by atoms with van der Waals surface area (Å²) in [6.07, 6.45) is 0. The third-order valence-electron chi connectivity index (χ3n) is 2.76. The highest BCUT2D eigenvalue weighted by Crippen LogP contribution is 2.39. The van der Waals surface area contributed by atoms with Crippen LogP contribution in [0.3, 0.4) is 0 Å². The van der Waals surface area contributed by atoms with Gasteiger partial charge < -0.3 is 10.5 Å². The van der Waals surface area contributed by atoms with Crippen LogP contribution in [0, 0.1) is 10.1 Å². The maximum Gasteiger partial charge on any atom is 0.312 e. The number of benzene rings is 2. The minimum absolute atomic E-state index is 0.0983. The van der Waals surface area contributed by atoms with Crippen LogP contribution >= 0.6 is 15.9 Å². The first kappa shape index (κ1) is 14.5. The maximum atomic E-state index is 11.1. The van der Waals surface area contributed by atoms with E-state index in [0.717, 1.165) is 5.56 Å². The van der Waals surface area contributed by atoms with Crippen molar-refractivity contribution in [3.05, 3.63) is 62.6 Å². The van der Waals surface area contributed by atoms with Crippen LogP contribution in [0.2, 0.25) is 0 Å². The molecular formula is C14H13BrN2O3. The molecule has 2 aromatic carbocycles. The zero-order valence-electron chi connectivity index (χ0n) is 10.7. The van der Waals surface area contributed by atoms with E-state index < -0.39 is 4.92 Å². The van der Waals surface area contributed by atoms with Gasteiger partial charge in [-0.3, -0.25) is 10.1 Å². The number of nitro groups is 1. The van der Waals surface area contributed by atoms with Crippen molar-refractivity contribution in [3.63, 3.8) is 0 Å². The summed E-state index contributed by atoms with van der Waals surface area (Å²) in [5, 5.41) is 11.1. The van der Waals surface area contributed by atoms with E-state index in [1.807, 2.05) is 19.1 Å². The molecule has 1 atom stereocenters. The van der Waals surface area contributed by atoms with Crippen molar-refractivity contribution in [2.45, 2.75) is 13.0 Å². The van der Waals surface area contributed by atoms with E-state index in [-0.39, 0.29) is 17.5 Å². The molecule has 0 aliphatic rings. The standard InChI is InChI=1S/C14H13BrN2O3/c1-9(16)10-5-2-3-8-13(10)20-14-11(15)6-4-7-12(14)17(18)19/h2-9H,16H2,1H3/t9-/m1/s1. The molecule has 0 aliphatic heterocycles. The molecule has 0 fully saturated rings. The van der Waals surface area contributed by atoms with Crippen LogP contribution in [0.5, 0.6) is 11.5 Å². The second-order valence-corrected chi connectivity index (χ2v) is 5.13. The molecule has 0 unspecified atom stereocenters. The first-order valence-corrected chi connectivity index (χ1v) is 6.75. The monoisotopic (exact) mass is 336 g/mol. The summed E-state index contributed by atoms with van der Waals surface area (Å²) >= 11 is 3.27. The van der Waals surface area contributed by atoms with Gasteiger partial charge >= 0.3 is 5.69 Å². The van der Waals surface area contributed by atoms with Gasteiger partial charge in [0.1, 0.15) is 5.75 Å². The van der Waals surface area contributed by atoms with E-state index >= 15 is 0 Å². The van der Waals surface area contributed by atoms with E-state index in [0.29, 0.717) is 10.2 Å².